The molecule has 0 aliphatic carbocycles. The fraction of sp³-hybridized carbons (Fsp3) is 0.571. The van der Waals surface area contributed by atoms with Crippen molar-refractivity contribution in [3.05, 3.63) is 0 Å². The van der Waals surface area contributed by atoms with Gasteiger partial charge < -0.3 is 11.1 Å². The Hall–Kier alpha value is -1.17. The highest BCUT2D eigenvalue weighted by Crippen LogP contribution is 2.10. The predicted molar refractivity (Wildman–Crippen MR) is 50.7 cm³/mol. The maximum Gasteiger partial charge on any atom is 0.251 e. The Labute approximate surface area is 81.3 Å². The van der Waals surface area contributed by atoms with E-state index < -0.39 is 6.04 Å². The third-order valence-electron chi connectivity index (χ3n) is 1.97. The zero-order valence-electron chi connectivity index (χ0n) is 7.24. The van der Waals surface area contributed by atoms with Gasteiger partial charge in [-0.15, -0.1) is 0 Å². The van der Waals surface area contributed by atoms with Crippen molar-refractivity contribution in [3.8, 4) is 0 Å². The largest absolute Gasteiger partial charge is 0.376 e. The molecule has 1 heterocycles. The third kappa shape index (κ3) is 2.15. The normalized spacial score (nSPS) is 23.2. The van der Waals surface area contributed by atoms with Crippen molar-refractivity contribution in [2.24, 2.45) is 5.73 Å². The first-order chi connectivity index (χ1) is 6.02. The van der Waals surface area contributed by atoms with Gasteiger partial charge in [-0.25, -0.2) is 0 Å². The molecule has 0 aromatic carbocycles. The number of carbonyl (C=O) groups excluding carboxylic acids is 2. The summed E-state index contributed by atoms with van der Waals surface area (Å²) < 4.78 is 0. The second kappa shape index (κ2) is 3.69. The van der Waals surface area contributed by atoms with Gasteiger partial charge >= 0.3 is 0 Å². The molecule has 1 rings (SSSR count). The van der Waals surface area contributed by atoms with Crippen LogP contribution in [-0.4, -0.2) is 34.9 Å². The van der Waals surface area contributed by atoms with Crippen molar-refractivity contribution in [1.29, 1.82) is 0 Å². The Morgan fingerprint density at radius 2 is 2.31 bits per heavy atom. The minimum Gasteiger partial charge on any atom is -0.376 e. The van der Waals surface area contributed by atoms with Crippen LogP contribution in [0.1, 0.15) is 12.8 Å². The number of hydrogen-bond donors (Lipinski definition) is 2. The zero-order valence-corrected chi connectivity index (χ0v) is 8.06. The Bertz CT molecular complexity index is 266. The first kappa shape index (κ1) is 9.91. The second-order valence-corrected chi connectivity index (χ2v) is 3.33. The van der Waals surface area contributed by atoms with Gasteiger partial charge in [-0.1, -0.05) is 0 Å². The number of amides is 2. The van der Waals surface area contributed by atoms with Crippen LogP contribution in [0, 0.1) is 0 Å². The Kier molecular flexibility index (Phi) is 2.82. The van der Waals surface area contributed by atoms with Crippen molar-refractivity contribution in [2.45, 2.75) is 18.9 Å². The molecule has 0 bridgehead atoms. The molecule has 1 unspecified atom stereocenters. The van der Waals surface area contributed by atoms with E-state index in [4.69, 9.17) is 5.73 Å². The number of nitrogens with zero attached hydrogens (tertiary/aromatic N) is 1. The lowest BCUT2D eigenvalue weighted by atomic mass is 10.1. The summed E-state index contributed by atoms with van der Waals surface area (Å²) in [6.45, 7) is 0. The summed E-state index contributed by atoms with van der Waals surface area (Å²) in [6, 6.07) is -0.444. The summed E-state index contributed by atoms with van der Waals surface area (Å²) >= 11 is 4.61. The van der Waals surface area contributed by atoms with Gasteiger partial charge in [0.25, 0.3) is 5.91 Å². The van der Waals surface area contributed by atoms with Gasteiger partial charge in [0.2, 0.25) is 5.91 Å². The number of nitrogens with one attached hydrogen (secondary N) is 1. The van der Waals surface area contributed by atoms with Crippen LogP contribution in [0.3, 0.4) is 0 Å². The van der Waals surface area contributed by atoms with Crippen LogP contribution < -0.4 is 11.1 Å². The first-order valence-electron chi connectivity index (χ1n) is 3.88. The quantitative estimate of drug-likeness (QED) is 0.419. The fourth-order valence-electron chi connectivity index (χ4n) is 1.22. The maximum atomic E-state index is 11.4. The average molecular weight is 201 g/mol. The molecule has 2 amide bonds. The van der Waals surface area contributed by atoms with Crippen molar-refractivity contribution >= 4 is 29.1 Å². The molecule has 0 aromatic rings. The Balaban J connectivity index is 2.64. The molecule has 5 nitrogen and oxygen atoms in total. The summed E-state index contributed by atoms with van der Waals surface area (Å²) in [6.07, 6.45) is 0.807. The lowest BCUT2D eigenvalue weighted by Crippen LogP contribution is -2.53. The van der Waals surface area contributed by atoms with E-state index in [9.17, 15) is 9.59 Å². The van der Waals surface area contributed by atoms with Crippen LogP contribution in [0.15, 0.2) is 0 Å². The van der Waals surface area contributed by atoms with Crippen LogP contribution in [0.5, 0.6) is 0 Å². The average Bonchev–Trinajstić information content (AvgIpc) is 2.06. The molecule has 0 radical (unpaired) electrons. The van der Waals surface area contributed by atoms with Gasteiger partial charge in [0.15, 0.2) is 5.11 Å². The number of likely N-dealkylation sites (tertiary alicyclic amines) is 1. The molecule has 0 aromatic heterocycles. The molecule has 1 aliphatic rings. The molecule has 3 N–H and O–H groups in total. The van der Waals surface area contributed by atoms with Crippen LogP contribution in [0.25, 0.3) is 0 Å². The van der Waals surface area contributed by atoms with E-state index in [1.807, 2.05) is 0 Å². The number of rotatable bonds is 1. The van der Waals surface area contributed by atoms with E-state index in [0.29, 0.717) is 12.8 Å². The topological polar surface area (TPSA) is 75.4 Å². The highest BCUT2D eigenvalue weighted by Gasteiger charge is 2.31. The van der Waals surface area contributed by atoms with E-state index >= 15 is 0 Å². The summed E-state index contributed by atoms with van der Waals surface area (Å²) in [7, 11) is 1.46. The molecule has 1 saturated heterocycles. The number of likely N-dealkylation sites (N-methyl/N-ethyl adjacent to an activating group) is 1. The number of carbonyl (C=O) groups is 2. The van der Waals surface area contributed by atoms with E-state index in [1.165, 1.54) is 7.05 Å². The Morgan fingerprint density at radius 3 is 2.85 bits per heavy atom. The third-order valence-corrected chi connectivity index (χ3v) is 2.08. The van der Waals surface area contributed by atoms with E-state index in [2.05, 4.69) is 17.5 Å². The Morgan fingerprint density at radius 1 is 1.69 bits per heavy atom. The fourth-order valence-corrected chi connectivity index (χ4v) is 1.36. The van der Waals surface area contributed by atoms with Crippen LogP contribution in [0.4, 0.5) is 0 Å². The number of piperidine rings is 1. The second-order valence-electron chi connectivity index (χ2n) is 2.89. The highest BCUT2D eigenvalue weighted by atomic mass is 32.1. The van der Waals surface area contributed by atoms with Gasteiger partial charge in [0.05, 0.1) is 0 Å². The molecule has 72 valence electrons. The highest BCUT2D eigenvalue weighted by molar-refractivity contribution is 7.80. The SMILES string of the molecule is CN1C(=O)CCC(NC(N)=S)C1=O. The van der Waals surface area contributed by atoms with Gasteiger partial charge in [-0.05, 0) is 18.6 Å². The summed E-state index contributed by atoms with van der Waals surface area (Å²) in [5.41, 5.74) is 5.23. The molecule has 1 fully saturated rings. The van der Waals surface area contributed by atoms with E-state index in [1.54, 1.807) is 0 Å². The zero-order chi connectivity index (χ0) is 10.0. The van der Waals surface area contributed by atoms with Gasteiger partial charge in [0, 0.05) is 13.5 Å². The molecular weight excluding hydrogens is 190 g/mol. The van der Waals surface area contributed by atoms with Gasteiger partial charge in [-0.2, -0.15) is 0 Å². The molecule has 6 heteroatoms. The van der Waals surface area contributed by atoms with Crippen molar-refractivity contribution in [2.75, 3.05) is 7.05 Å². The van der Waals surface area contributed by atoms with Crippen molar-refractivity contribution in [3.63, 3.8) is 0 Å². The maximum absolute atomic E-state index is 11.4. The number of thiocarbonyl (C=S) groups is 1. The number of nitrogens with two attached hydrogens (primary N) is 1. The standard InChI is InChI=1S/C7H11N3O2S/c1-10-5(11)3-2-4(6(10)12)9-7(8)13/h4H,2-3H2,1H3,(H3,8,9,13). The summed E-state index contributed by atoms with van der Waals surface area (Å²) in [5, 5.41) is 2.73. The molecule has 1 atom stereocenters. The smallest absolute Gasteiger partial charge is 0.251 e. The van der Waals surface area contributed by atoms with E-state index in [0.717, 1.165) is 4.90 Å². The summed E-state index contributed by atoms with van der Waals surface area (Å²) in [5.74, 6) is -0.435. The first-order valence-corrected chi connectivity index (χ1v) is 4.29. The van der Waals surface area contributed by atoms with Gasteiger partial charge in [-0.3, -0.25) is 14.5 Å². The van der Waals surface area contributed by atoms with E-state index in [-0.39, 0.29) is 16.9 Å². The molecular formula is C7H11N3O2S. The van der Waals surface area contributed by atoms with Crippen molar-refractivity contribution < 1.29 is 9.59 Å². The lowest BCUT2D eigenvalue weighted by Gasteiger charge is -2.28. The number of hydrogen-bond acceptors (Lipinski definition) is 3. The van der Waals surface area contributed by atoms with Gasteiger partial charge in [0.1, 0.15) is 6.04 Å². The van der Waals surface area contributed by atoms with Crippen LogP contribution in [0.2, 0.25) is 0 Å². The summed E-state index contributed by atoms with van der Waals surface area (Å²) in [4.78, 5) is 23.5. The minimum atomic E-state index is -0.444. The monoisotopic (exact) mass is 201 g/mol. The number of imide groups is 1. The van der Waals surface area contributed by atoms with Crippen molar-refractivity contribution in [1.82, 2.24) is 10.2 Å². The molecule has 13 heavy (non-hydrogen) atoms. The minimum absolute atomic E-state index is 0.0844. The molecule has 0 saturated carbocycles. The lowest BCUT2D eigenvalue weighted by molar-refractivity contribution is -0.147. The predicted octanol–water partition coefficient (Wildman–Crippen LogP) is -1.03. The molecule has 1 aliphatic heterocycles. The van der Waals surface area contributed by atoms with Crippen LogP contribution >= 0.6 is 12.2 Å². The van der Waals surface area contributed by atoms with Crippen LogP contribution in [-0.2, 0) is 9.59 Å². The molecule has 0 spiro atoms.